The predicted octanol–water partition coefficient (Wildman–Crippen LogP) is 3.60. The molecular formula is C25H29N3O2S. The Hall–Kier alpha value is -2.70. The van der Waals surface area contributed by atoms with Gasteiger partial charge in [-0.1, -0.05) is 48.5 Å². The number of nitrogens with one attached hydrogen (secondary N) is 1. The molecule has 4 rings (SSSR count). The van der Waals surface area contributed by atoms with Crippen molar-refractivity contribution < 1.29 is 9.59 Å². The third-order valence-electron chi connectivity index (χ3n) is 5.90. The maximum Gasteiger partial charge on any atom is 0.234 e. The van der Waals surface area contributed by atoms with E-state index in [2.05, 4.69) is 29.3 Å². The molecule has 1 aliphatic rings. The van der Waals surface area contributed by atoms with Crippen molar-refractivity contribution in [3.63, 3.8) is 0 Å². The topological polar surface area (TPSA) is 52.7 Å². The lowest BCUT2D eigenvalue weighted by Gasteiger charge is -2.21. The smallest absolute Gasteiger partial charge is 0.234 e. The minimum atomic E-state index is 0.0320. The molecule has 0 unspecified atom stereocenters. The zero-order chi connectivity index (χ0) is 21.6. The lowest BCUT2D eigenvalue weighted by atomic mass is 10.1. The lowest BCUT2D eigenvalue weighted by molar-refractivity contribution is -0.130. The van der Waals surface area contributed by atoms with Crippen LogP contribution in [0.4, 0.5) is 0 Å². The molecule has 1 N–H and O–H groups in total. The van der Waals surface area contributed by atoms with Gasteiger partial charge in [0.05, 0.1) is 13.0 Å². The molecule has 1 saturated heterocycles. The van der Waals surface area contributed by atoms with Crippen LogP contribution in [0.3, 0.4) is 0 Å². The van der Waals surface area contributed by atoms with E-state index >= 15 is 0 Å². The van der Waals surface area contributed by atoms with E-state index in [0.29, 0.717) is 26.1 Å². The second-order valence-corrected chi connectivity index (χ2v) is 9.23. The van der Waals surface area contributed by atoms with Gasteiger partial charge in [0.25, 0.3) is 0 Å². The molecule has 2 heterocycles. The predicted molar refractivity (Wildman–Crippen MR) is 126 cm³/mol. The van der Waals surface area contributed by atoms with Crippen LogP contribution < -0.4 is 5.32 Å². The molecule has 162 valence electrons. The summed E-state index contributed by atoms with van der Waals surface area (Å²) in [6.07, 6.45) is 1.35. The molecule has 0 saturated carbocycles. The Bertz CT molecular complexity index is 1050. The van der Waals surface area contributed by atoms with Crippen LogP contribution in [0.5, 0.6) is 0 Å². The first-order valence-electron chi connectivity index (χ1n) is 10.9. The second kappa shape index (κ2) is 10.1. The fraction of sp³-hybridized carbons (Fsp3) is 0.360. The van der Waals surface area contributed by atoms with Gasteiger partial charge < -0.3 is 10.2 Å². The van der Waals surface area contributed by atoms with E-state index in [9.17, 15) is 9.59 Å². The molecule has 0 radical (unpaired) electrons. The SMILES string of the molecule is Cc1c(CC(=O)N2CCCN(CC(=O)NCc3ccccc3)CC2)sc2ccccc12. The van der Waals surface area contributed by atoms with Crippen LogP contribution in [0.25, 0.3) is 10.1 Å². The van der Waals surface area contributed by atoms with E-state index in [-0.39, 0.29) is 11.8 Å². The molecule has 2 amide bonds. The van der Waals surface area contributed by atoms with E-state index in [4.69, 9.17) is 0 Å². The fourth-order valence-electron chi connectivity index (χ4n) is 4.08. The van der Waals surface area contributed by atoms with Crippen molar-refractivity contribution in [2.24, 2.45) is 0 Å². The van der Waals surface area contributed by atoms with E-state index in [1.165, 1.54) is 15.6 Å². The maximum absolute atomic E-state index is 13.0. The number of hydrogen-bond acceptors (Lipinski definition) is 4. The second-order valence-electron chi connectivity index (χ2n) is 8.10. The number of nitrogens with zero attached hydrogens (tertiary/aromatic N) is 2. The number of rotatable bonds is 6. The van der Waals surface area contributed by atoms with Gasteiger partial charge in [0.15, 0.2) is 0 Å². The molecular weight excluding hydrogens is 406 g/mol. The van der Waals surface area contributed by atoms with Gasteiger partial charge in [0.2, 0.25) is 11.8 Å². The standard InChI is InChI=1S/C25H29N3O2S/c1-19-21-10-5-6-11-22(21)31-23(19)16-25(30)28-13-7-12-27(14-15-28)18-24(29)26-17-20-8-3-2-4-9-20/h2-6,8-11H,7,12-18H2,1H3,(H,26,29). The van der Waals surface area contributed by atoms with Crippen LogP contribution in [0, 0.1) is 6.92 Å². The van der Waals surface area contributed by atoms with Gasteiger partial charge in [-0.2, -0.15) is 0 Å². The zero-order valence-corrected chi connectivity index (χ0v) is 18.8. The summed E-state index contributed by atoms with van der Waals surface area (Å²) in [7, 11) is 0. The van der Waals surface area contributed by atoms with Crippen LogP contribution in [0.15, 0.2) is 54.6 Å². The van der Waals surface area contributed by atoms with Crippen LogP contribution in [-0.4, -0.2) is 54.3 Å². The Morgan fingerprint density at radius 1 is 0.968 bits per heavy atom. The molecule has 1 aromatic heterocycles. The summed E-state index contributed by atoms with van der Waals surface area (Å²) in [6, 6.07) is 18.3. The Labute approximate surface area is 187 Å². The van der Waals surface area contributed by atoms with Crippen molar-refractivity contribution in [3.05, 3.63) is 70.6 Å². The molecule has 0 bridgehead atoms. The molecule has 1 fully saturated rings. The first-order valence-corrected chi connectivity index (χ1v) is 11.7. The third-order valence-corrected chi connectivity index (χ3v) is 7.17. The number of carbonyl (C=O) groups is 2. The molecule has 5 nitrogen and oxygen atoms in total. The average Bonchev–Trinajstić information content (AvgIpc) is 2.94. The van der Waals surface area contributed by atoms with Crippen LogP contribution in [0.2, 0.25) is 0 Å². The summed E-state index contributed by atoms with van der Waals surface area (Å²) in [6.45, 7) is 6.04. The van der Waals surface area contributed by atoms with Crippen molar-refractivity contribution in [1.29, 1.82) is 0 Å². The minimum Gasteiger partial charge on any atom is -0.351 e. The molecule has 31 heavy (non-hydrogen) atoms. The number of thiophene rings is 1. The first-order chi connectivity index (χ1) is 15.1. The van der Waals surface area contributed by atoms with Crippen molar-refractivity contribution in [1.82, 2.24) is 15.1 Å². The third kappa shape index (κ3) is 5.51. The van der Waals surface area contributed by atoms with E-state index in [1.807, 2.05) is 47.4 Å². The number of aryl methyl sites for hydroxylation is 1. The molecule has 6 heteroatoms. The number of benzene rings is 2. The van der Waals surface area contributed by atoms with E-state index in [0.717, 1.165) is 36.5 Å². The highest BCUT2D eigenvalue weighted by Gasteiger charge is 2.22. The van der Waals surface area contributed by atoms with Crippen LogP contribution >= 0.6 is 11.3 Å². The molecule has 1 aliphatic heterocycles. The summed E-state index contributed by atoms with van der Waals surface area (Å²) >= 11 is 1.72. The maximum atomic E-state index is 13.0. The first kappa shape index (κ1) is 21.5. The zero-order valence-electron chi connectivity index (χ0n) is 18.0. The van der Waals surface area contributed by atoms with Gasteiger partial charge >= 0.3 is 0 Å². The van der Waals surface area contributed by atoms with Crippen LogP contribution in [-0.2, 0) is 22.6 Å². The monoisotopic (exact) mass is 435 g/mol. The van der Waals surface area contributed by atoms with E-state index < -0.39 is 0 Å². The average molecular weight is 436 g/mol. The minimum absolute atomic E-state index is 0.0320. The van der Waals surface area contributed by atoms with Gasteiger partial charge in [-0.05, 0) is 35.9 Å². The van der Waals surface area contributed by atoms with Crippen molar-refractivity contribution >= 4 is 33.2 Å². The number of carbonyl (C=O) groups excluding carboxylic acids is 2. The summed E-state index contributed by atoms with van der Waals surface area (Å²) in [4.78, 5) is 30.6. The van der Waals surface area contributed by atoms with Gasteiger partial charge in [-0.25, -0.2) is 0 Å². The van der Waals surface area contributed by atoms with E-state index in [1.54, 1.807) is 11.3 Å². The summed E-state index contributed by atoms with van der Waals surface area (Å²) < 4.78 is 1.24. The Morgan fingerprint density at radius 2 is 1.74 bits per heavy atom. The molecule has 3 aromatic rings. The summed E-state index contributed by atoms with van der Waals surface area (Å²) in [5.74, 6) is 0.217. The highest BCUT2D eigenvalue weighted by molar-refractivity contribution is 7.19. The Morgan fingerprint density at radius 3 is 2.55 bits per heavy atom. The van der Waals surface area contributed by atoms with Crippen LogP contribution in [0.1, 0.15) is 22.4 Å². The van der Waals surface area contributed by atoms with Gasteiger partial charge in [-0.15, -0.1) is 11.3 Å². The fourth-order valence-corrected chi connectivity index (χ4v) is 5.28. The molecule has 0 spiro atoms. The number of fused-ring (bicyclic) bond motifs is 1. The van der Waals surface area contributed by atoms with Crippen molar-refractivity contribution in [2.45, 2.75) is 26.3 Å². The normalized spacial score (nSPS) is 15.1. The summed E-state index contributed by atoms with van der Waals surface area (Å²) in [5.41, 5.74) is 2.32. The number of hydrogen-bond donors (Lipinski definition) is 1. The largest absolute Gasteiger partial charge is 0.351 e. The highest BCUT2D eigenvalue weighted by atomic mass is 32.1. The summed E-state index contributed by atoms with van der Waals surface area (Å²) in [5, 5.41) is 4.24. The van der Waals surface area contributed by atoms with Gasteiger partial charge in [-0.3, -0.25) is 14.5 Å². The lowest BCUT2D eigenvalue weighted by Crippen LogP contribution is -2.40. The molecule has 0 aliphatic carbocycles. The van der Waals surface area contributed by atoms with Crippen molar-refractivity contribution in [3.8, 4) is 0 Å². The Kier molecular flexibility index (Phi) is 6.99. The quantitative estimate of drug-likeness (QED) is 0.644. The van der Waals surface area contributed by atoms with Gasteiger partial charge in [0.1, 0.15) is 0 Å². The highest BCUT2D eigenvalue weighted by Crippen LogP contribution is 2.31. The molecule has 0 atom stereocenters. The van der Waals surface area contributed by atoms with Crippen molar-refractivity contribution in [2.75, 3.05) is 32.7 Å². The van der Waals surface area contributed by atoms with Gasteiger partial charge in [0, 0.05) is 42.3 Å². The Balaban J connectivity index is 1.27. The molecule has 2 aromatic carbocycles. The number of amides is 2.